The van der Waals surface area contributed by atoms with Crippen LogP contribution in [0.1, 0.15) is 26.2 Å². The second-order valence-corrected chi connectivity index (χ2v) is 3.97. The Hall–Kier alpha value is -0.570. The third-order valence-corrected chi connectivity index (χ3v) is 3.25. The molecule has 0 bridgehead atoms. The monoisotopic (exact) mass is 182 g/mol. The fourth-order valence-corrected chi connectivity index (χ4v) is 2.42. The van der Waals surface area contributed by atoms with E-state index in [-0.39, 0.29) is 6.04 Å². The minimum atomic E-state index is 0.224. The highest BCUT2D eigenvalue weighted by molar-refractivity contribution is 5.82. The zero-order chi connectivity index (χ0) is 9.26. The molecule has 0 aromatic heterocycles. The van der Waals surface area contributed by atoms with Crippen LogP contribution < -0.4 is 0 Å². The molecule has 13 heavy (non-hydrogen) atoms. The van der Waals surface area contributed by atoms with Gasteiger partial charge in [-0.25, -0.2) is 0 Å². The van der Waals surface area contributed by atoms with E-state index in [2.05, 4.69) is 11.8 Å². The van der Waals surface area contributed by atoms with Crippen molar-refractivity contribution < 1.29 is 4.79 Å². The zero-order valence-corrected chi connectivity index (χ0v) is 8.33. The Kier molecular flexibility index (Phi) is 2.54. The lowest BCUT2D eigenvalue weighted by Crippen LogP contribution is -2.58. The molecule has 74 valence electrons. The summed E-state index contributed by atoms with van der Waals surface area (Å²) in [7, 11) is 0. The number of hydrogen-bond donors (Lipinski definition) is 0. The molecule has 2 saturated heterocycles. The summed E-state index contributed by atoms with van der Waals surface area (Å²) in [6, 6.07) is 0.224. The van der Waals surface area contributed by atoms with E-state index in [4.69, 9.17) is 0 Å². The number of likely N-dealkylation sites (N-methyl/N-ethyl adjacent to an activating group) is 1. The lowest BCUT2D eigenvalue weighted by molar-refractivity contribution is -0.143. The number of rotatable bonds is 1. The molecule has 0 aromatic rings. The number of fused-ring (bicyclic) bond motifs is 1. The van der Waals surface area contributed by atoms with Gasteiger partial charge in [0.25, 0.3) is 0 Å². The number of carbonyl (C=O) groups is 1. The molecule has 0 aliphatic carbocycles. The average Bonchev–Trinajstić information content (AvgIpc) is 2.19. The predicted molar refractivity (Wildman–Crippen MR) is 51.5 cm³/mol. The van der Waals surface area contributed by atoms with E-state index in [0.717, 1.165) is 32.6 Å². The van der Waals surface area contributed by atoms with Crippen LogP contribution in [0, 0.1) is 0 Å². The van der Waals surface area contributed by atoms with Gasteiger partial charge in [0.1, 0.15) is 0 Å². The maximum absolute atomic E-state index is 11.9. The Morgan fingerprint density at radius 3 is 2.92 bits per heavy atom. The second kappa shape index (κ2) is 3.66. The highest BCUT2D eigenvalue weighted by Crippen LogP contribution is 2.21. The number of carbonyl (C=O) groups excluding carboxylic acids is 1. The summed E-state index contributed by atoms with van der Waals surface area (Å²) >= 11 is 0. The van der Waals surface area contributed by atoms with Gasteiger partial charge in [0.05, 0.1) is 6.04 Å². The van der Waals surface area contributed by atoms with Gasteiger partial charge in [0.2, 0.25) is 5.91 Å². The van der Waals surface area contributed by atoms with Crippen molar-refractivity contribution in [3.05, 3.63) is 0 Å². The maximum Gasteiger partial charge on any atom is 0.239 e. The van der Waals surface area contributed by atoms with Gasteiger partial charge < -0.3 is 4.90 Å². The second-order valence-electron chi connectivity index (χ2n) is 3.97. The first-order chi connectivity index (χ1) is 6.33. The molecular weight excluding hydrogens is 164 g/mol. The molecular formula is C10H18N2O. The lowest BCUT2D eigenvalue weighted by atomic mass is 9.99. The van der Waals surface area contributed by atoms with Gasteiger partial charge in [-0.3, -0.25) is 9.69 Å². The fourth-order valence-electron chi connectivity index (χ4n) is 2.42. The van der Waals surface area contributed by atoms with Crippen LogP contribution in [0.25, 0.3) is 0 Å². The summed E-state index contributed by atoms with van der Waals surface area (Å²) in [5.41, 5.74) is 0. The number of piperidine rings is 1. The molecule has 3 heteroatoms. The minimum Gasteiger partial charge on any atom is -0.340 e. The first-order valence-corrected chi connectivity index (χ1v) is 5.35. The van der Waals surface area contributed by atoms with Gasteiger partial charge in [0.15, 0.2) is 0 Å². The molecule has 1 unspecified atom stereocenters. The van der Waals surface area contributed by atoms with Gasteiger partial charge in [0, 0.05) is 19.6 Å². The molecule has 0 aromatic carbocycles. The highest BCUT2D eigenvalue weighted by Gasteiger charge is 2.34. The Morgan fingerprint density at radius 1 is 1.31 bits per heavy atom. The van der Waals surface area contributed by atoms with E-state index in [0.29, 0.717) is 5.91 Å². The van der Waals surface area contributed by atoms with E-state index < -0.39 is 0 Å². The lowest BCUT2D eigenvalue weighted by Gasteiger charge is -2.42. The van der Waals surface area contributed by atoms with Gasteiger partial charge in [-0.1, -0.05) is 6.42 Å². The van der Waals surface area contributed by atoms with E-state index in [1.165, 1.54) is 12.8 Å². The van der Waals surface area contributed by atoms with Crippen molar-refractivity contribution in [2.45, 2.75) is 32.2 Å². The van der Waals surface area contributed by atoms with Gasteiger partial charge >= 0.3 is 0 Å². The Bertz CT molecular complexity index is 205. The van der Waals surface area contributed by atoms with Crippen molar-refractivity contribution in [1.29, 1.82) is 0 Å². The van der Waals surface area contributed by atoms with Crippen LogP contribution in [-0.4, -0.2) is 47.9 Å². The Morgan fingerprint density at radius 2 is 2.15 bits per heavy atom. The number of amides is 1. The molecule has 0 spiro atoms. The Labute approximate surface area is 79.7 Å². The van der Waals surface area contributed by atoms with Gasteiger partial charge in [-0.2, -0.15) is 0 Å². The summed E-state index contributed by atoms with van der Waals surface area (Å²) in [6.07, 6.45) is 3.58. The molecule has 0 N–H and O–H groups in total. The number of hydrogen-bond acceptors (Lipinski definition) is 2. The summed E-state index contributed by atoms with van der Waals surface area (Å²) in [6.45, 7) is 6.10. The van der Waals surface area contributed by atoms with E-state index >= 15 is 0 Å². The zero-order valence-electron chi connectivity index (χ0n) is 8.33. The third-order valence-electron chi connectivity index (χ3n) is 3.25. The SMILES string of the molecule is CCN1CCN2CCCCC2C1=O. The molecule has 0 radical (unpaired) electrons. The summed E-state index contributed by atoms with van der Waals surface area (Å²) in [5.74, 6) is 0.369. The predicted octanol–water partition coefficient (Wildman–Crippen LogP) is 0.703. The summed E-state index contributed by atoms with van der Waals surface area (Å²) in [4.78, 5) is 16.2. The van der Waals surface area contributed by atoms with Crippen molar-refractivity contribution in [2.24, 2.45) is 0 Å². The van der Waals surface area contributed by atoms with Crippen molar-refractivity contribution in [2.75, 3.05) is 26.2 Å². The quantitative estimate of drug-likeness (QED) is 0.596. The van der Waals surface area contributed by atoms with E-state index in [1.807, 2.05) is 4.90 Å². The van der Waals surface area contributed by atoms with Crippen molar-refractivity contribution in [1.82, 2.24) is 9.80 Å². The molecule has 1 atom stereocenters. The van der Waals surface area contributed by atoms with Crippen molar-refractivity contribution in [3.8, 4) is 0 Å². The molecule has 2 heterocycles. The molecule has 2 fully saturated rings. The normalized spacial score (nSPS) is 30.4. The van der Waals surface area contributed by atoms with Crippen LogP contribution >= 0.6 is 0 Å². The number of piperazine rings is 1. The van der Waals surface area contributed by atoms with Crippen molar-refractivity contribution in [3.63, 3.8) is 0 Å². The summed E-state index contributed by atoms with van der Waals surface area (Å²) < 4.78 is 0. The Balaban J connectivity index is 2.05. The molecule has 0 saturated carbocycles. The smallest absolute Gasteiger partial charge is 0.239 e. The third kappa shape index (κ3) is 1.57. The molecule has 2 aliphatic rings. The molecule has 2 aliphatic heterocycles. The number of nitrogens with zero attached hydrogens (tertiary/aromatic N) is 2. The fraction of sp³-hybridized carbons (Fsp3) is 0.900. The molecule has 3 nitrogen and oxygen atoms in total. The van der Waals surface area contributed by atoms with Gasteiger partial charge in [-0.15, -0.1) is 0 Å². The molecule has 2 rings (SSSR count). The van der Waals surface area contributed by atoms with Crippen LogP contribution in [0.2, 0.25) is 0 Å². The van der Waals surface area contributed by atoms with Crippen LogP contribution in [-0.2, 0) is 4.79 Å². The van der Waals surface area contributed by atoms with E-state index in [1.54, 1.807) is 0 Å². The largest absolute Gasteiger partial charge is 0.340 e. The van der Waals surface area contributed by atoms with Crippen LogP contribution in [0.4, 0.5) is 0 Å². The summed E-state index contributed by atoms with van der Waals surface area (Å²) in [5, 5.41) is 0. The van der Waals surface area contributed by atoms with Crippen LogP contribution in [0.15, 0.2) is 0 Å². The highest BCUT2D eigenvalue weighted by atomic mass is 16.2. The molecule has 1 amide bonds. The van der Waals surface area contributed by atoms with Gasteiger partial charge in [-0.05, 0) is 26.3 Å². The topological polar surface area (TPSA) is 23.6 Å². The van der Waals surface area contributed by atoms with E-state index in [9.17, 15) is 4.79 Å². The standard InChI is InChI=1S/C10H18N2O/c1-2-11-7-8-12-6-4-3-5-9(12)10(11)13/h9H,2-8H2,1H3. The average molecular weight is 182 g/mol. The van der Waals surface area contributed by atoms with Crippen LogP contribution in [0.3, 0.4) is 0 Å². The first-order valence-electron chi connectivity index (χ1n) is 5.35. The maximum atomic E-state index is 11.9. The minimum absolute atomic E-state index is 0.224. The van der Waals surface area contributed by atoms with Crippen molar-refractivity contribution >= 4 is 5.91 Å². The van der Waals surface area contributed by atoms with Crippen LogP contribution in [0.5, 0.6) is 0 Å². The first kappa shape index (κ1) is 9.00.